The van der Waals surface area contributed by atoms with Crippen LogP contribution in [0, 0.1) is 28.1 Å². The van der Waals surface area contributed by atoms with Gasteiger partial charge in [-0.15, -0.1) is 0 Å². The first-order valence-electron chi connectivity index (χ1n) is 23.3. The second kappa shape index (κ2) is 19.3. The van der Waals surface area contributed by atoms with Crippen LogP contribution in [0.2, 0.25) is 0 Å². The first kappa shape index (κ1) is 51.0. The summed E-state index contributed by atoms with van der Waals surface area (Å²) in [4.78, 5) is 14.2. The van der Waals surface area contributed by atoms with Crippen LogP contribution in [0.15, 0.2) is 0 Å². The summed E-state index contributed by atoms with van der Waals surface area (Å²) in [6, 6.07) is 0. The highest BCUT2D eigenvalue weighted by atomic mass is 16.8. The van der Waals surface area contributed by atoms with Crippen molar-refractivity contribution in [3.05, 3.63) is 0 Å². The number of hydrogen-bond acceptors (Lipinski definition) is 23. The Hall–Kier alpha value is -1.37. The average molecular weight is 955 g/mol. The minimum absolute atomic E-state index is 0.102. The summed E-state index contributed by atoms with van der Waals surface area (Å²) in [5.41, 5.74) is -2.58. The zero-order valence-corrected chi connectivity index (χ0v) is 37.0. The third-order valence-electron chi connectivity index (χ3n) is 17.1. The van der Waals surface area contributed by atoms with Crippen LogP contribution < -0.4 is 0 Å². The van der Waals surface area contributed by atoms with E-state index >= 15 is 0 Å². The van der Waals surface area contributed by atoms with E-state index in [0.29, 0.717) is 57.8 Å². The van der Waals surface area contributed by atoms with Gasteiger partial charge in [-0.1, -0.05) is 13.3 Å². The molecule has 26 unspecified atom stereocenters. The molecule has 14 N–H and O–H groups in total. The molecule has 1 spiro atoms. The van der Waals surface area contributed by atoms with E-state index in [1.54, 1.807) is 0 Å². The lowest BCUT2D eigenvalue weighted by atomic mass is 9.41. The summed E-state index contributed by atoms with van der Waals surface area (Å²) in [5, 5.41) is 147. The lowest BCUT2D eigenvalue weighted by Gasteiger charge is -2.64. The van der Waals surface area contributed by atoms with Crippen molar-refractivity contribution in [2.24, 2.45) is 28.1 Å². The number of rotatable bonds is 12. The zero-order chi connectivity index (χ0) is 47.8. The molecule has 0 aromatic rings. The zero-order valence-electron chi connectivity index (χ0n) is 37.0. The first-order valence-corrected chi connectivity index (χ1v) is 23.3. The molecule has 8 rings (SSSR count). The maximum Gasteiger partial charge on any atom is 0.314 e. The standard InChI is InChI=1S/C43H70O23/c1-40-6-3-7-41(2,39(58)65-37-32(57)29(54)25(50)19(14-46)61-37)21(40)4-8-42-10-11-43(16-42,9-5-22(40)42)66-38-34(64-36-31(56)28(53)24(49)18(13-45)60-36)33(26(51)20(15-47)62-38)63-35-30(55)27(52)23(48)17(12-44)59-35/h17-38,44-57H,3-16H2,1-2H3. The molecular weight excluding hydrogens is 884 g/mol. The third kappa shape index (κ3) is 8.57. The Morgan fingerprint density at radius 2 is 0.970 bits per heavy atom. The molecular formula is C43H70O23. The summed E-state index contributed by atoms with van der Waals surface area (Å²) in [7, 11) is 0. The molecule has 0 amide bonds. The van der Waals surface area contributed by atoms with Crippen LogP contribution in [0.4, 0.5) is 0 Å². The molecule has 23 heteroatoms. The average Bonchev–Trinajstić information content (AvgIpc) is 3.56. The number of aliphatic hydroxyl groups excluding tert-OH is 14. The molecule has 4 saturated carbocycles. The Kier molecular flexibility index (Phi) is 14.9. The second-order valence-corrected chi connectivity index (χ2v) is 20.7. The van der Waals surface area contributed by atoms with E-state index in [9.17, 15) is 76.3 Å². The summed E-state index contributed by atoms with van der Waals surface area (Å²) in [6.07, 6.45) is -27.4. The Labute approximate surface area is 380 Å². The van der Waals surface area contributed by atoms with Gasteiger partial charge in [0, 0.05) is 0 Å². The summed E-state index contributed by atoms with van der Waals surface area (Å²) >= 11 is 0. The molecule has 4 saturated heterocycles. The van der Waals surface area contributed by atoms with Crippen LogP contribution in [0.25, 0.3) is 0 Å². The van der Waals surface area contributed by atoms with Crippen LogP contribution in [-0.2, 0) is 42.7 Å². The van der Waals surface area contributed by atoms with Crippen molar-refractivity contribution >= 4 is 5.97 Å². The maximum absolute atomic E-state index is 14.2. The molecule has 0 radical (unpaired) electrons. The number of carbonyl (C=O) groups is 1. The van der Waals surface area contributed by atoms with E-state index in [2.05, 4.69) is 6.92 Å². The van der Waals surface area contributed by atoms with Gasteiger partial charge in [-0.2, -0.15) is 0 Å². The number of esters is 1. The van der Waals surface area contributed by atoms with Crippen LogP contribution in [-0.4, -0.2) is 232 Å². The number of fused-ring (bicyclic) bond motifs is 3. The minimum atomic E-state index is -1.94. The molecule has 2 bridgehead atoms. The molecule has 4 aliphatic heterocycles. The Morgan fingerprint density at radius 3 is 1.52 bits per heavy atom. The van der Waals surface area contributed by atoms with Crippen LogP contribution in [0.1, 0.15) is 78.1 Å². The van der Waals surface area contributed by atoms with Crippen LogP contribution in [0.3, 0.4) is 0 Å². The van der Waals surface area contributed by atoms with Gasteiger partial charge < -0.3 is 109 Å². The van der Waals surface area contributed by atoms with Crippen molar-refractivity contribution < 1.29 is 114 Å². The molecule has 23 nitrogen and oxygen atoms in total. The monoisotopic (exact) mass is 954 g/mol. The fourth-order valence-corrected chi connectivity index (χ4v) is 13.5. The summed E-state index contributed by atoms with van der Waals surface area (Å²) in [5.74, 6) is -0.670. The second-order valence-electron chi connectivity index (χ2n) is 20.7. The van der Waals surface area contributed by atoms with Crippen molar-refractivity contribution in [2.45, 2.75) is 206 Å². The van der Waals surface area contributed by atoms with E-state index in [4.69, 9.17) is 37.9 Å². The predicted molar refractivity (Wildman–Crippen MR) is 215 cm³/mol. The van der Waals surface area contributed by atoms with Gasteiger partial charge in [-0.3, -0.25) is 4.79 Å². The smallest absolute Gasteiger partial charge is 0.314 e. The highest BCUT2D eigenvalue weighted by Gasteiger charge is 2.69. The maximum atomic E-state index is 14.2. The van der Waals surface area contributed by atoms with Crippen molar-refractivity contribution in [3.8, 4) is 0 Å². The molecule has 4 aliphatic carbocycles. The minimum Gasteiger partial charge on any atom is -0.432 e. The Morgan fingerprint density at radius 1 is 0.500 bits per heavy atom. The van der Waals surface area contributed by atoms with E-state index in [-0.39, 0.29) is 22.7 Å². The highest BCUT2D eigenvalue weighted by molar-refractivity contribution is 5.77. The first-order chi connectivity index (χ1) is 31.2. The normalized spacial score (nSPS) is 55.2. The fourth-order valence-electron chi connectivity index (χ4n) is 13.5. The van der Waals surface area contributed by atoms with E-state index < -0.39 is 166 Å². The Balaban J connectivity index is 1.05. The molecule has 0 aromatic heterocycles. The molecule has 0 aromatic carbocycles. The molecule has 4 heterocycles. The summed E-state index contributed by atoms with van der Waals surface area (Å²) < 4.78 is 48.2. The van der Waals surface area contributed by atoms with Gasteiger partial charge in [-0.05, 0) is 87.4 Å². The number of carbonyl (C=O) groups excluding carboxylic acids is 1. The van der Waals surface area contributed by atoms with Crippen molar-refractivity contribution in [1.29, 1.82) is 0 Å². The van der Waals surface area contributed by atoms with Gasteiger partial charge in [0.15, 0.2) is 18.9 Å². The molecule has 8 fully saturated rings. The number of aliphatic hydroxyl groups is 14. The van der Waals surface area contributed by atoms with Gasteiger partial charge in [0.1, 0.15) is 97.7 Å². The van der Waals surface area contributed by atoms with Gasteiger partial charge >= 0.3 is 5.97 Å². The van der Waals surface area contributed by atoms with E-state index in [1.165, 1.54) is 0 Å². The highest BCUT2D eigenvalue weighted by Crippen LogP contribution is 2.73. The van der Waals surface area contributed by atoms with Gasteiger partial charge in [0.05, 0.1) is 37.4 Å². The lowest BCUT2D eigenvalue weighted by molar-refractivity contribution is -0.401. The van der Waals surface area contributed by atoms with Crippen LogP contribution >= 0.6 is 0 Å². The van der Waals surface area contributed by atoms with Gasteiger partial charge in [0.25, 0.3) is 0 Å². The van der Waals surface area contributed by atoms with Gasteiger partial charge in [0.2, 0.25) is 6.29 Å². The van der Waals surface area contributed by atoms with Gasteiger partial charge in [-0.25, -0.2) is 0 Å². The largest absolute Gasteiger partial charge is 0.432 e. The molecule has 66 heavy (non-hydrogen) atoms. The predicted octanol–water partition coefficient (Wildman–Crippen LogP) is -5.28. The Bertz CT molecular complexity index is 1680. The number of hydrogen-bond donors (Lipinski definition) is 14. The lowest BCUT2D eigenvalue weighted by Crippen LogP contribution is -2.68. The van der Waals surface area contributed by atoms with Crippen LogP contribution in [0.5, 0.6) is 0 Å². The molecule has 8 aliphatic rings. The fraction of sp³-hybridized carbons (Fsp3) is 0.977. The van der Waals surface area contributed by atoms with Crippen molar-refractivity contribution in [2.75, 3.05) is 26.4 Å². The van der Waals surface area contributed by atoms with E-state index in [1.807, 2.05) is 6.92 Å². The summed E-state index contributed by atoms with van der Waals surface area (Å²) in [6.45, 7) is 1.01. The third-order valence-corrected chi connectivity index (χ3v) is 17.1. The topological polar surface area (TPSA) is 374 Å². The van der Waals surface area contributed by atoms with Crippen molar-refractivity contribution in [3.63, 3.8) is 0 Å². The SMILES string of the molecule is CC1(C(=O)OC2OC(CO)C(O)C(O)C2O)CCCC2(C)C3CCC4(OC5OC(CO)C(O)C(OC6OC(CO)C(O)C(O)C6O)C5OC5OC(CO)C(O)C(O)C5O)CCC3(CCC12)C4. The number of ether oxygens (including phenoxy) is 8. The van der Waals surface area contributed by atoms with E-state index in [0.717, 1.165) is 6.42 Å². The van der Waals surface area contributed by atoms with Crippen molar-refractivity contribution in [1.82, 2.24) is 0 Å². The molecule has 26 atom stereocenters. The quantitative estimate of drug-likeness (QED) is 0.0642. The molecule has 380 valence electrons.